The molecule has 1 aliphatic heterocycles. The van der Waals surface area contributed by atoms with Crippen LogP contribution in [0.5, 0.6) is 5.75 Å². The third-order valence-corrected chi connectivity index (χ3v) is 5.15. The topological polar surface area (TPSA) is 48.6 Å². The second-order valence-electron chi connectivity index (χ2n) is 7.61. The summed E-state index contributed by atoms with van der Waals surface area (Å²) in [6, 6.07) is 18.2. The molecule has 0 spiro atoms. The molecule has 3 aromatic rings. The second kappa shape index (κ2) is 8.07. The van der Waals surface area contributed by atoms with Crippen LogP contribution in [0.15, 0.2) is 54.6 Å². The summed E-state index contributed by atoms with van der Waals surface area (Å²) in [6.07, 6.45) is 0.159. The highest BCUT2D eigenvalue weighted by atomic mass is 16.5. The summed E-state index contributed by atoms with van der Waals surface area (Å²) in [4.78, 5) is 20.4. The molecule has 4 rings (SSSR count). The Morgan fingerprint density at radius 2 is 1.75 bits per heavy atom. The molecule has 5 nitrogen and oxygen atoms in total. The van der Waals surface area contributed by atoms with Gasteiger partial charge in [0.2, 0.25) is 0 Å². The average Bonchev–Trinajstić information content (AvgIpc) is 3.13. The zero-order valence-corrected chi connectivity index (χ0v) is 16.5. The van der Waals surface area contributed by atoms with Crippen molar-refractivity contribution in [2.24, 2.45) is 0 Å². The summed E-state index contributed by atoms with van der Waals surface area (Å²) < 4.78 is 5.94. The maximum Gasteiger partial charge on any atom is 0.270 e. The van der Waals surface area contributed by atoms with E-state index in [2.05, 4.69) is 22.0 Å². The second-order valence-corrected chi connectivity index (χ2v) is 7.61. The van der Waals surface area contributed by atoms with Crippen molar-refractivity contribution in [2.45, 2.75) is 26.5 Å². The number of fused-ring (bicyclic) bond motifs is 1. The highest BCUT2D eigenvalue weighted by Crippen LogP contribution is 2.22. The molecule has 0 saturated carbocycles. The van der Waals surface area contributed by atoms with Gasteiger partial charge in [-0.1, -0.05) is 36.4 Å². The molecule has 146 valence electrons. The number of hydrogen-bond acceptors (Lipinski definition) is 3. The van der Waals surface area contributed by atoms with E-state index in [1.807, 2.05) is 61.2 Å². The van der Waals surface area contributed by atoms with Gasteiger partial charge in [0.15, 0.2) is 0 Å². The number of aromatic amines is 1. The molecule has 5 heteroatoms. The van der Waals surface area contributed by atoms with Crippen LogP contribution >= 0.6 is 0 Å². The number of para-hydroxylation sites is 2. The van der Waals surface area contributed by atoms with Crippen LogP contribution in [0, 0.1) is 0 Å². The van der Waals surface area contributed by atoms with Crippen molar-refractivity contribution in [3.63, 3.8) is 0 Å². The van der Waals surface area contributed by atoms with Crippen molar-refractivity contribution in [1.82, 2.24) is 14.8 Å². The van der Waals surface area contributed by atoms with E-state index in [0.717, 1.165) is 49.4 Å². The van der Waals surface area contributed by atoms with E-state index in [-0.39, 0.29) is 12.0 Å². The molecule has 28 heavy (non-hydrogen) atoms. The lowest BCUT2D eigenvalue weighted by atomic mass is 10.1. The lowest BCUT2D eigenvalue weighted by molar-refractivity contribution is 0.0621. The van der Waals surface area contributed by atoms with E-state index in [9.17, 15) is 4.79 Å². The number of ether oxygens (including phenoxy) is 1. The van der Waals surface area contributed by atoms with Gasteiger partial charge in [0.05, 0.1) is 6.10 Å². The molecular formula is C23H27N3O2. The van der Waals surface area contributed by atoms with E-state index in [4.69, 9.17) is 4.74 Å². The molecule has 1 amide bonds. The lowest BCUT2D eigenvalue weighted by Crippen LogP contribution is -2.48. The van der Waals surface area contributed by atoms with Crippen LogP contribution in [-0.4, -0.2) is 53.0 Å². The number of H-pyrrole nitrogens is 1. The minimum atomic E-state index is 0.0828. The number of rotatable bonds is 5. The van der Waals surface area contributed by atoms with Crippen molar-refractivity contribution in [3.8, 4) is 5.75 Å². The number of piperazine rings is 1. The van der Waals surface area contributed by atoms with Gasteiger partial charge in [0.25, 0.3) is 5.91 Å². The maximum absolute atomic E-state index is 12.9. The summed E-state index contributed by atoms with van der Waals surface area (Å²) >= 11 is 0. The fourth-order valence-corrected chi connectivity index (χ4v) is 3.71. The Morgan fingerprint density at radius 3 is 2.50 bits per heavy atom. The van der Waals surface area contributed by atoms with Crippen LogP contribution in [0.1, 0.15) is 29.9 Å². The molecule has 2 aromatic carbocycles. The van der Waals surface area contributed by atoms with Gasteiger partial charge in [-0.2, -0.15) is 0 Å². The van der Waals surface area contributed by atoms with Crippen LogP contribution in [0.4, 0.5) is 0 Å². The summed E-state index contributed by atoms with van der Waals surface area (Å²) in [7, 11) is 0. The Morgan fingerprint density at radius 1 is 1.04 bits per heavy atom. The fourth-order valence-electron chi connectivity index (χ4n) is 3.71. The van der Waals surface area contributed by atoms with E-state index in [0.29, 0.717) is 5.69 Å². The van der Waals surface area contributed by atoms with Gasteiger partial charge in [0, 0.05) is 49.2 Å². The van der Waals surface area contributed by atoms with Gasteiger partial charge in [-0.15, -0.1) is 0 Å². The summed E-state index contributed by atoms with van der Waals surface area (Å²) in [6.45, 7) is 8.14. The Balaban J connectivity index is 1.38. The smallest absolute Gasteiger partial charge is 0.270 e. The molecule has 0 radical (unpaired) electrons. The zero-order valence-electron chi connectivity index (χ0n) is 16.5. The molecule has 1 saturated heterocycles. The first-order valence-electron chi connectivity index (χ1n) is 9.94. The molecule has 2 heterocycles. The van der Waals surface area contributed by atoms with Crippen LogP contribution in [0.25, 0.3) is 10.9 Å². The van der Waals surface area contributed by atoms with Crippen molar-refractivity contribution in [2.75, 3.05) is 26.2 Å². The Labute approximate surface area is 165 Å². The van der Waals surface area contributed by atoms with E-state index in [1.165, 1.54) is 5.56 Å². The van der Waals surface area contributed by atoms with Crippen LogP contribution < -0.4 is 4.74 Å². The summed E-state index contributed by atoms with van der Waals surface area (Å²) in [5.41, 5.74) is 2.88. The van der Waals surface area contributed by atoms with Gasteiger partial charge in [0.1, 0.15) is 11.4 Å². The minimum Gasteiger partial charge on any atom is -0.491 e. The third kappa shape index (κ3) is 4.04. The Hall–Kier alpha value is -2.79. The first-order chi connectivity index (χ1) is 13.6. The molecule has 1 fully saturated rings. The number of aromatic nitrogens is 1. The molecule has 1 aliphatic rings. The largest absolute Gasteiger partial charge is 0.491 e. The van der Waals surface area contributed by atoms with E-state index < -0.39 is 0 Å². The first-order valence-corrected chi connectivity index (χ1v) is 9.94. The Kier molecular flexibility index (Phi) is 5.35. The summed E-state index contributed by atoms with van der Waals surface area (Å²) in [5, 5.41) is 1.08. The first kappa shape index (κ1) is 18.6. The number of carbonyl (C=O) groups excluding carboxylic acids is 1. The third-order valence-electron chi connectivity index (χ3n) is 5.15. The molecular weight excluding hydrogens is 350 g/mol. The van der Waals surface area contributed by atoms with Crippen LogP contribution in [0.2, 0.25) is 0 Å². The molecule has 0 bridgehead atoms. The number of nitrogens with zero attached hydrogens (tertiary/aromatic N) is 2. The number of hydrogen-bond donors (Lipinski definition) is 1. The molecule has 0 unspecified atom stereocenters. The maximum atomic E-state index is 12.9. The molecule has 0 atom stereocenters. The van der Waals surface area contributed by atoms with Gasteiger partial charge in [-0.25, -0.2) is 0 Å². The predicted molar refractivity (Wildman–Crippen MR) is 112 cm³/mol. The zero-order chi connectivity index (χ0) is 19.5. The van der Waals surface area contributed by atoms with Gasteiger partial charge in [-0.05, 0) is 32.0 Å². The number of carbonyl (C=O) groups is 1. The quantitative estimate of drug-likeness (QED) is 0.733. The fraction of sp³-hybridized carbons (Fsp3) is 0.348. The van der Waals surface area contributed by atoms with Crippen LogP contribution in [-0.2, 0) is 6.54 Å². The van der Waals surface area contributed by atoms with Gasteiger partial charge in [-0.3, -0.25) is 9.69 Å². The number of amides is 1. The van der Waals surface area contributed by atoms with Crippen molar-refractivity contribution in [3.05, 3.63) is 65.9 Å². The predicted octanol–water partition coefficient (Wildman–Crippen LogP) is 3.91. The summed E-state index contributed by atoms with van der Waals surface area (Å²) in [5.74, 6) is 1.04. The number of benzene rings is 2. The van der Waals surface area contributed by atoms with Crippen molar-refractivity contribution in [1.29, 1.82) is 0 Å². The standard InChI is InChI=1S/C23H27N3O2/c1-17(2)28-22-10-6-4-8-19(22)16-25-11-13-26(14-12-25)23(27)21-15-18-7-3-5-9-20(18)24-21/h3-10,15,17,24H,11-14,16H2,1-2H3. The molecule has 0 aliphatic carbocycles. The molecule has 1 N–H and O–H groups in total. The molecule has 1 aromatic heterocycles. The Bertz CT molecular complexity index is 922. The monoisotopic (exact) mass is 377 g/mol. The normalized spacial score (nSPS) is 15.3. The average molecular weight is 377 g/mol. The van der Waals surface area contributed by atoms with E-state index >= 15 is 0 Å². The number of nitrogens with one attached hydrogen (secondary N) is 1. The van der Waals surface area contributed by atoms with Gasteiger partial charge < -0.3 is 14.6 Å². The van der Waals surface area contributed by atoms with Crippen LogP contribution in [0.3, 0.4) is 0 Å². The minimum absolute atomic E-state index is 0.0828. The van der Waals surface area contributed by atoms with Crippen molar-refractivity contribution < 1.29 is 9.53 Å². The van der Waals surface area contributed by atoms with Crippen molar-refractivity contribution >= 4 is 16.8 Å². The SMILES string of the molecule is CC(C)Oc1ccccc1CN1CCN(C(=O)c2cc3ccccc3[nH]2)CC1. The lowest BCUT2D eigenvalue weighted by Gasteiger charge is -2.34. The highest BCUT2D eigenvalue weighted by molar-refractivity contribution is 5.98. The van der Waals surface area contributed by atoms with Gasteiger partial charge >= 0.3 is 0 Å². The highest BCUT2D eigenvalue weighted by Gasteiger charge is 2.24. The van der Waals surface area contributed by atoms with E-state index in [1.54, 1.807) is 0 Å².